The summed E-state index contributed by atoms with van der Waals surface area (Å²) in [5.74, 6) is -0.891. The van der Waals surface area contributed by atoms with E-state index in [4.69, 9.17) is 9.47 Å². The molecule has 2 heterocycles. The first-order chi connectivity index (χ1) is 14.1. The molecule has 0 bridgehead atoms. The first-order valence-corrected chi connectivity index (χ1v) is 10.5. The molecule has 1 atom stereocenters. The van der Waals surface area contributed by atoms with Gasteiger partial charge in [0.15, 0.2) is 0 Å². The van der Waals surface area contributed by atoms with E-state index < -0.39 is 17.7 Å². The van der Waals surface area contributed by atoms with Crippen LogP contribution in [-0.4, -0.2) is 48.6 Å². The number of carbonyl (C=O) groups excluding carboxylic acids is 2. The van der Waals surface area contributed by atoms with Crippen LogP contribution in [0.1, 0.15) is 36.2 Å². The van der Waals surface area contributed by atoms with Gasteiger partial charge in [-0.25, -0.2) is 0 Å². The summed E-state index contributed by atoms with van der Waals surface area (Å²) in [7, 11) is 1.54. The third-order valence-corrected chi connectivity index (χ3v) is 5.69. The molecule has 1 aromatic heterocycles. The number of likely N-dealkylation sites (tertiary alicyclic amines) is 1. The first kappa shape index (κ1) is 21.1. The summed E-state index contributed by atoms with van der Waals surface area (Å²) in [5, 5.41) is 12.9. The maximum atomic E-state index is 12.8. The molecule has 1 aliphatic rings. The van der Waals surface area contributed by atoms with Crippen molar-refractivity contribution in [3.05, 3.63) is 57.8 Å². The molecule has 1 amide bonds. The number of amides is 1. The van der Waals surface area contributed by atoms with Gasteiger partial charge in [-0.1, -0.05) is 31.5 Å². The summed E-state index contributed by atoms with van der Waals surface area (Å²) < 4.78 is 10.8. The molecular formula is C22H25NO5S. The number of ketones is 1. The van der Waals surface area contributed by atoms with Crippen molar-refractivity contribution in [1.82, 2.24) is 4.90 Å². The van der Waals surface area contributed by atoms with Crippen molar-refractivity contribution in [3.63, 3.8) is 0 Å². The molecule has 1 N–H and O–H groups in total. The van der Waals surface area contributed by atoms with E-state index in [1.807, 2.05) is 17.5 Å². The van der Waals surface area contributed by atoms with E-state index in [2.05, 4.69) is 6.92 Å². The molecule has 0 saturated carbocycles. The van der Waals surface area contributed by atoms with Crippen molar-refractivity contribution in [1.29, 1.82) is 0 Å². The highest BCUT2D eigenvalue weighted by Gasteiger charge is 2.46. The Morgan fingerprint density at radius 1 is 1.21 bits per heavy atom. The van der Waals surface area contributed by atoms with Crippen LogP contribution >= 0.6 is 11.3 Å². The fourth-order valence-electron chi connectivity index (χ4n) is 3.27. The Morgan fingerprint density at radius 2 is 2.03 bits per heavy atom. The maximum absolute atomic E-state index is 12.8. The van der Waals surface area contributed by atoms with Crippen molar-refractivity contribution in [2.75, 3.05) is 26.9 Å². The number of rotatable bonds is 9. The van der Waals surface area contributed by atoms with E-state index in [1.54, 1.807) is 31.4 Å². The van der Waals surface area contributed by atoms with Crippen molar-refractivity contribution in [3.8, 4) is 5.75 Å². The highest BCUT2D eigenvalue weighted by Crippen LogP contribution is 2.41. The molecule has 3 rings (SSSR count). The van der Waals surface area contributed by atoms with Crippen molar-refractivity contribution >= 4 is 28.8 Å². The average molecular weight is 416 g/mol. The first-order valence-electron chi connectivity index (χ1n) is 9.62. The predicted octanol–water partition coefficient (Wildman–Crippen LogP) is 4.00. The fourth-order valence-corrected chi connectivity index (χ4v) is 4.11. The molecule has 154 valence electrons. The van der Waals surface area contributed by atoms with Gasteiger partial charge in [0.05, 0.1) is 24.8 Å². The van der Waals surface area contributed by atoms with Gasteiger partial charge in [0.25, 0.3) is 11.7 Å². The summed E-state index contributed by atoms with van der Waals surface area (Å²) in [5.41, 5.74) is 0.546. The Hall–Kier alpha value is -2.64. The van der Waals surface area contributed by atoms with Gasteiger partial charge in [-0.3, -0.25) is 9.59 Å². The molecule has 2 aromatic rings. The van der Waals surface area contributed by atoms with E-state index in [-0.39, 0.29) is 17.9 Å². The van der Waals surface area contributed by atoms with Gasteiger partial charge in [-0.2, -0.15) is 0 Å². The zero-order valence-electron chi connectivity index (χ0n) is 16.6. The van der Waals surface area contributed by atoms with Gasteiger partial charge in [-0.05, 0) is 30.0 Å². The summed E-state index contributed by atoms with van der Waals surface area (Å²) in [6, 6.07) is 10.1. The van der Waals surface area contributed by atoms with Crippen LogP contribution in [0.4, 0.5) is 0 Å². The fraction of sp³-hybridized carbons (Fsp3) is 0.364. The Labute approximate surface area is 174 Å². The van der Waals surface area contributed by atoms with Gasteiger partial charge in [0.2, 0.25) is 0 Å². The van der Waals surface area contributed by atoms with Gasteiger partial charge >= 0.3 is 0 Å². The third-order valence-electron chi connectivity index (χ3n) is 4.76. The molecule has 7 heteroatoms. The van der Waals surface area contributed by atoms with Gasteiger partial charge in [0, 0.05) is 24.1 Å². The lowest BCUT2D eigenvalue weighted by Crippen LogP contribution is -2.32. The van der Waals surface area contributed by atoms with Crippen LogP contribution in [-0.2, 0) is 14.3 Å². The number of aliphatic hydroxyl groups excluding tert-OH is 1. The van der Waals surface area contributed by atoms with Gasteiger partial charge < -0.3 is 19.5 Å². The topological polar surface area (TPSA) is 76.1 Å². The molecule has 1 aliphatic heterocycles. The number of hydrogen-bond donors (Lipinski definition) is 1. The highest BCUT2D eigenvalue weighted by molar-refractivity contribution is 7.10. The monoisotopic (exact) mass is 415 g/mol. The maximum Gasteiger partial charge on any atom is 0.295 e. The van der Waals surface area contributed by atoms with E-state index in [0.29, 0.717) is 24.5 Å². The Morgan fingerprint density at radius 3 is 2.72 bits per heavy atom. The summed E-state index contributed by atoms with van der Waals surface area (Å²) in [4.78, 5) is 27.8. The zero-order valence-corrected chi connectivity index (χ0v) is 17.4. The lowest BCUT2D eigenvalue weighted by Gasteiger charge is -2.23. The van der Waals surface area contributed by atoms with E-state index in [1.165, 1.54) is 16.2 Å². The average Bonchev–Trinajstić information content (AvgIpc) is 3.34. The van der Waals surface area contributed by atoms with E-state index >= 15 is 0 Å². The molecule has 1 fully saturated rings. The zero-order chi connectivity index (χ0) is 20.8. The third kappa shape index (κ3) is 4.52. The SMILES string of the molecule is CCCCOc1cccc(/C(O)=C2\C(=O)C(=O)N(CCOC)C2c2cccs2)c1. The second-order valence-corrected chi connectivity index (χ2v) is 7.71. The number of ether oxygens (including phenoxy) is 2. The van der Waals surface area contributed by atoms with Crippen LogP contribution in [0.15, 0.2) is 47.4 Å². The van der Waals surface area contributed by atoms with Gasteiger partial charge in [-0.15, -0.1) is 11.3 Å². The quantitative estimate of drug-likeness (QED) is 0.290. The summed E-state index contributed by atoms with van der Waals surface area (Å²) in [6.07, 6.45) is 1.95. The van der Waals surface area contributed by atoms with Crippen LogP contribution in [0.25, 0.3) is 5.76 Å². The van der Waals surface area contributed by atoms with Crippen LogP contribution in [0.3, 0.4) is 0 Å². The number of aliphatic hydroxyl groups is 1. The standard InChI is InChI=1S/C22H25NO5S/c1-3-4-11-28-16-8-5-7-15(14-16)20(24)18-19(17-9-6-13-29-17)23(10-12-27-2)22(26)21(18)25/h5-9,13-14,19,24H,3-4,10-12H2,1-2H3/b20-18+. The van der Waals surface area contributed by atoms with E-state index in [9.17, 15) is 14.7 Å². The van der Waals surface area contributed by atoms with Crippen LogP contribution < -0.4 is 4.74 Å². The Balaban J connectivity index is 2.01. The second-order valence-electron chi connectivity index (χ2n) is 6.73. The number of nitrogens with zero attached hydrogens (tertiary/aromatic N) is 1. The van der Waals surface area contributed by atoms with Crippen LogP contribution in [0.2, 0.25) is 0 Å². The number of hydrogen-bond acceptors (Lipinski definition) is 6. The smallest absolute Gasteiger partial charge is 0.295 e. The van der Waals surface area contributed by atoms with Crippen molar-refractivity contribution < 1.29 is 24.2 Å². The number of carbonyl (C=O) groups is 2. The number of methoxy groups -OCH3 is 1. The second kappa shape index (κ2) is 9.71. The minimum Gasteiger partial charge on any atom is -0.507 e. The molecule has 0 radical (unpaired) electrons. The van der Waals surface area contributed by atoms with Crippen molar-refractivity contribution in [2.24, 2.45) is 0 Å². The summed E-state index contributed by atoms with van der Waals surface area (Å²) in [6.45, 7) is 3.23. The normalized spacial score (nSPS) is 18.4. The Kier molecular flexibility index (Phi) is 7.06. The molecular weight excluding hydrogens is 390 g/mol. The van der Waals surface area contributed by atoms with E-state index in [0.717, 1.165) is 17.7 Å². The molecule has 0 spiro atoms. The molecule has 1 aromatic carbocycles. The van der Waals surface area contributed by atoms with Crippen LogP contribution in [0, 0.1) is 0 Å². The molecule has 29 heavy (non-hydrogen) atoms. The predicted molar refractivity (Wildman–Crippen MR) is 112 cm³/mol. The molecule has 1 unspecified atom stereocenters. The number of benzene rings is 1. The highest BCUT2D eigenvalue weighted by atomic mass is 32.1. The molecule has 0 aliphatic carbocycles. The summed E-state index contributed by atoms with van der Waals surface area (Å²) >= 11 is 1.44. The minimum atomic E-state index is -0.686. The Bertz CT molecular complexity index is 890. The lowest BCUT2D eigenvalue weighted by atomic mass is 10.00. The van der Waals surface area contributed by atoms with Crippen LogP contribution in [0.5, 0.6) is 5.75 Å². The largest absolute Gasteiger partial charge is 0.507 e. The number of thiophene rings is 1. The lowest BCUT2D eigenvalue weighted by molar-refractivity contribution is -0.140. The van der Waals surface area contributed by atoms with Gasteiger partial charge in [0.1, 0.15) is 11.5 Å². The number of unbranched alkanes of at least 4 members (excludes halogenated alkanes) is 1. The molecule has 1 saturated heterocycles. The minimum absolute atomic E-state index is 0.0965. The van der Waals surface area contributed by atoms with Crippen molar-refractivity contribution in [2.45, 2.75) is 25.8 Å². The molecule has 6 nitrogen and oxygen atoms in total. The number of Topliss-reactive ketones (excluding diaryl/α,β-unsaturated/α-hetero) is 1.